The van der Waals surface area contributed by atoms with Gasteiger partial charge in [0.25, 0.3) is 0 Å². The Hall–Kier alpha value is -4.82. The summed E-state index contributed by atoms with van der Waals surface area (Å²) >= 11 is 0. The zero-order chi connectivity index (χ0) is 35.6. The molecule has 51 heavy (non-hydrogen) atoms. The molecule has 0 unspecified atom stereocenters. The third kappa shape index (κ3) is 7.76. The number of aryl methyl sites for hydroxylation is 1. The lowest BCUT2D eigenvalue weighted by molar-refractivity contribution is -0.185. The van der Waals surface area contributed by atoms with E-state index >= 15 is 8.78 Å². The van der Waals surface area contributed by atoms with Crippen LogP contribution in [0, 0.1) is 24.4 Å². The number of aromatic carboxylic acids is 1. The molecule has 2 aliphatic heterocycles. The summed E-state index contributed by atoms with van der Waals surface area (Å²) in [4.78, 5) is 23.1. The second-order valence-electron chi connectivity index (χ2n) is 12.5. The van der Waals surface area contributed by atoms with Crippen LogP contribution in [0.2, 0.25) is 0 Å². The van der Waals surface area contributed by atoms with Crippen molar-refractivity contribution in [3.63, 3.8) is 0 Å². The average Bonchev–Trinajstić information content (AvgIpc) is 3.40. The van der Waals surface area contributed by atoms with Crippen molar-refractivity contribution in [1.29, 1.82) is 0 Å². The molecule has 7 rings (SSSR count). The van der Waals surface area contributed by atoms with Gasteiger partial charge in [0.1, 0.15) is 35.5 Å². The van der Waals surface area contributed by atoms with Crippen LogP contribution in [0.15, 0.2) is 66.7 Å². The molecule has 4 heterocycles. The molecule has 0 radical (unpaired) electrons. The van der Waals surface area contributed by atoms with E-state index in [9.17, 15) is 14.3 Å². The molecule has 2 fully saturated rings. The van der Waals surface area contributed by atoms with Gasteiger partial charge in [0.15, 0.2) is 0 Å². The molecule has 5 aromatic rings. The maximum Gasteiger partial charge on any atom is 0.335 e. The molecule has 0 aliphatic carbocycles. The Morgan fingerprint density at radius 2 is 1.71 bits per heavy atom. The van der Waals surface area contributed by atoms with Gasteiger partial charge < -0.3 is 30.0 Å². The van der Waals surface area contributed by atoms with E-state index in [1.165, 1.54) is 18.2 Å². The number of aromatic nitrogens is 3. The molecule has 4 N–H and O–H groups in total. The second kappa shape index (κ2) is 15.6. The van der Waals surface area contributed by atoms with E-state index in [0.29, 0.717) is 61.3 Å². The van der Waals surface area contributed by atoms with Gasteiger partial charge in [-0.15, -0.1) is 0 Å². The highest BCUT2D eigenvalue weighted by atomic mass is 19.1. The zero-order valence-corrected chi connectivity index (χ0v) is 29.1. The fourth-order valence-corrected chi connectivity index (χ4v) is 6.24. The lowest BCUT2D eigenvalue weighted by atomic mass is 9.90. The SMILES string of the molecule is CC.COC1(Cn2c(Cc3cc(F)c(-c4cccc(OCc5ccc(C)cc5F)n4)cc3F)nc3ccc(C(=O)O)cc32)CN(C2COC2)C1.N. The molecule has 2 aliphatic rings. The molecular formula is C38H42F3N5O5. The predicted molar refractivity (Wildman–Crippen MR) is 187 cm³/mol. The van der Waals surface area contributed by atoms with Gasteiger partial charge in [-0.05, 0) is 60.5 Å². The largest absolute Gasteiger partial charge is 0.478 e. The monoisotopic (exact) mass is 705 g/mol. The molecule has 0 spiro atoms. The number of halogens is 3. The van der Waals surface area contributed by atoms with Gasteiger partial charge >= 0.3 is 5.97 Å². The van der Waals surface area contributed by atoms with Gasteiger partial charge in [-0.3, -0.25) is 4.90 Å². The van der Waals surface area contributed by atoms with E-state index < -0.39 is 29.0 Å². The third-order valence-electron chi connectivity index (χ3n) is 9.14. The van der Waals surface area contributed by atoms with Crippen LogP contribution >= 0.6 is 0 Å². The highest BCUT2D eigenvalue weighted by molar-refractivity contribution is 5.92. The summed E-state index contributed by atoms with van der Waals surface area (Å²) in [6.07, 6.45) is -0.0568. The maximum absolute atomic E-state index is 15.7. The number of hydrogen-bond acceptors (Lipinski definition) is 8. The molecule has 2 aromatic heterocycles. The van der Waals surface area contributed by atoms with Gasteiger partial charge in [0.05, 0.1) is 48.1 Å². The normalized spacial score (nSPS) is 15.3. The summed E-state index contributed by atoms with van der Waals surface area (Å²) in [6, 6.07) is 16.7. The van der Waals surface area contributed by atoms with E-state index in [2.05, 4.69) is 9.88 Å². The highest BCUT2D eigenvalue weighted by Gasteiger charge is 2.48. The van der Waals surface area contributed by atoms with Gasteiger partial charge in [-0.25, -0.2) is 27.9 Å². The lowest BCUT2D eigenvalue weighted by Gasteiger charge is -2.54. The number of benzene rings is 3. The Morgan fingerprint density at radius 1 is 0.961 bits per heavy atom. The summed E-state index contributed by atoms with van der Waals surface area (Å²) < 4.78 is 64.5. The molecule has 13 heteroatoms. The third-order valence-corrected chi connectivity index (χ3v) is 9.14. The fraction of sp³-hybridized carbons (Fsp3) is 0.342. The van der Waals surface area contributed by atoms with Crippen LogP contribution in [-0.4, -0.2) is 75.6 Å². The van der Waals surface area contributed by atoms with Gasteiger partial charge in [0.2, 0.25) is 5.88 Å². The molecule has 2 saturated heterocycles. The van der Waals surface area contributed by atoms with Crippen molar-refractivity contribution >= 4 is 17.0 Å². The number of pyridine rings is 1. The number of methoxy groups -OCH3 is 1. The minimum absolute atomic E-state index is 0. The molecule has 0 atom stereocenters. The van der Waals surface area contributed by atoms with Crippen molar-refractivity contribution in [2.75, 3.05) is 33.4 Å². The zero-order valence-electron chi connectivity index (χ0n) is 29.1. The van der Waals surface area contributed by atoms with Crippen LogP contribution in [0.1, 0.15) is 46.7 Å². The average molecular weight is 706 g/mol. The Morgan fingerprint density at radius 3 is 2.37 bits per heavy atom. The first-order valence-electron chi connectivity index (χ1n) is 16.5. The number of rotatable bonds is 11. The first-order valence-corrected chi connectivity index (χ1v) is 16.5. The van der Waals surface area contributed by atoms with Crippen molar-refractivity contribution in [2.45, 2.75) is 52.0 Å². The molecule has 3 aromatic carbocycles. The van der Waals surface area contributed by atoms with Crippen molar-refractivity contribution in [3.05, 3.63) is 112 Å². The lowest BCUT2D eigenvalue weighted by Crippen LogP contribution is -2.70. The molecule has 10 nitrogen and oxygen atoms in total. The number of likely N-dealkylation sites (tertiary alicyclic amines) is 1. The number of imidazole rings is 1. The second-order valence-corrected chi connectivity index (χ2v) is 12.5. The van der Waals surface area contributed by atoms with Crippen LogP contribution in [0.25, 0.3) is 22.3 Å². The number of nitrogens with zero attached hydrogens (tertiary/aromatic N) is 4. The number of carboxylic acid groups (broad SMARTS) is 1. The van der Waals surface area contributed by atoms with Crippen molar-refractivity contribution < 1.29 is 37.3 Å². The summed E-state index contributed by atoms with van der Waals surface area (Å²) in [6.45, 7) is 8.67. The number of hydrogen-bond donors (Lipinski definition) is 2. The number of carbonyl (C=O) groups is 1. The van der Waals surface area contributed by atoms with E-state index in [4.69, 9.17) is 19.2 Å². The molecule has 0 amide bonds. The predicted octanol–water partition coefficient (Wildman–Crippen LogP) is 6.98. The highest BCUT2D eigenvalue weighted by Crippen LogP contribution is 2.34. The quantitative estimate of drug-likeness (QED) is 0.149. The summed E-state index contributed by atoms with van der Waals surface area (Å²) in [5.74, 6) is -2.26. The van der Waals surface area contributed by atoms with Crippen molar-refractivity contribution in [1.82, 2.24) is 25.6 Å². The molecule has 0 saturated carbocycles. The molecule has 0 bridgehead atoms. The maximum atomic E-state index is 15.7. The number of ether oxygens (including phenoxy) is 3. The van der Waals surface area contributed by atoms with E-state index in [1.807, 2.05) is 18.4 Å². The number of fused-ring (bicyclic) bond motifs is 1. The van der Waals surface area contributed by atoms with Crippen LogP contribution in [-0.2, 0) is 29.0 Å². The smallest absolute Gasteiger partial charge is 0.335 e. The van der Waals surface area contributed by atoms with Crippen molar-refractivity contribution in [3.8, 4) is 17.1 Å². The van der Waals surface area contributed by atoms with Gasteiger partial charge in [-0.1, -0.05) is 32.0 Å². The van der Waals surface area contributed by atoms with Crippen LogP contribution in [0.3, 0.4) is 0 Å². The Labute approximate surface area is 294 Å². The van der Waals surface area contributed by atoms with E-state index in [-0.39, 0.29) is 47.4 Å². The van der Waals surface area contributed by atoms with Gasteiger partial charge in [-0.2, -0.15) is 0 Å². The van der Waals surface area contributed by atoms with Crippen LogP contribution in [0.5, 0.6) is 5.88 Å². The summed E-state index contributed by atoms with van der Waals surface area (Å²) in [5.41, 5.74) is 1.91. The first-order chi connectivity index (χ1) is 24.1. The van der Waals surface area contributed by atoms with Crippen molar-refractivity contribution in [2.24, 2.45) is 0 Å². The first kappa shape index (κ1) is 37.4. The fourth-order valence-electron chi connectivity index (χ4n) is 6.24. The molecular weight excluding hydrogens is 663 g/mol. The number of carboxylic acids is 1. The Balaban J connectivity index is 0.00000165. The van der Waals surface area contributed by atoms with E-state index in [0.717, 1.165) is 17.7 Å². The summed E-state index contributed by atoms with van der Waals surface area (Å²) in [5, 5.41) is 9.66. The Bertz CT molecular complexity index is 2030. The van der Waals surface area contributed by atoms with Gasteiger partial charge in [0, 0.05) is 43.8 Å². The minimum atomic E-state index is -1.08. The van der Waals surface area contributed by atoms with E-state index in [1.54, 1.807) is 50.4 Å². The minimum Gasteiger partial charge on any atom is -0.478 e. The molecule has 270 valence electrons. The van der Waals surface area contributed by atoms with Crippen LogP contribution < -0.4 is 10.9 Å². The standard InChI is InChI=1S/C36H33F3N4O5.C2H6.H3N/c1-21-6-7-23(27(37)10-21)15-48-34-5-3-4-30(41-34)26-14-28(38)24(11-29(26)39)13-33-40-31-9-8-22(35(44)45)12-32(31)43(33)20-36(46-2)18-42(19-36)25-16-47-17-25;1-2;/h3-12,14,25H,13,15-20H2,1-2H3,(H,44,45);1-2H3;1H3. The Kier molecular flexibility index (Phi) is 11.5. The topological polar surface area (TPSA) is 134 Å². The van der Waals surface area contributed by atoms with Crippen LogP contribution in [0.4, 0.5) is 13.2 Å². The summed E-state index contributed by atoms with van der Waals surface area (Å²) in [7, 11) is 1.64.